The molecule has 6 heteroatoms. The molecule has 3 rings (SSSR count). The van der Waals surface area contributed by atoms with Gasteiger partial charge in [-0.1, -0.05) is 36.8 Å². The third-order valence-electron chi connectivity index (χ3n) is 5.60. The Balaban J connectivity index is 1.66. The zero-order valence-corrected chi connectivity index (χ0v) is 17.8. The van der Waals surface area contributed by atoms with Crippen molar-refractivity contribution >= 4 is 23.6 Å². The molecule has 2 N–H and O–H groups in total. The van der Waals surface area contributed by atoms with Gasteiger partial charge < -0.3 is 10.6 Å². The van der Waals surface area contributed by atoms with Gasteiger partial charge in [0.2, 0.25) is 11.8 Å². The zero-order valence-electron chi connectivity index (χ0n) is 17.0. The van der Waals surface area contributed by atoms with Crippen LogP contribution in [0.4, 0.5) is 0 Å². The fourth-order valence-electron chi connectivity index (χ4n) is 4.24. The van der Waals surface area contributed by atoms with Crippen molar-refractivity contribution < 1.29 is 9.59 Å². The molecule has 1 saturated carbocycles. The molecule has 2 fully saturated rings. The molecule has 0 bridgehead atoms. The van der Waals surface area contributed by atoms with Crippen molar-refractivity contribution in [2.45, 2.75) is 57.7 Å². The van der Waals surface area contributed by atoms with Crippen LogP contribution in [0.2, 0.25) is 0 Å². The number of hydrogen-bond acceptors (Lipinski definition) is 4. The minimum absolute atomic E-state index is 0.00279. The van der Waals surface area contributed by atoms with Crippen LogP contribution in [-0.2, 0) is 9.59 Å². The Morgan fingerprint density at radius 1 is 1.11 bits per heavy atom. The highest BCUT2D eigenvalue weighted by atomic mass is 32.2. The number of carbonyl (C=O) groups is 2. The summed E-state index contributed by atoms with van der Waals surface area (Å²) in [5.41, 5.74) is 1.05. The highest BCUT2D eigenvalue weighted by Crippen LogP contribution is 2.28. The van der Waals surface area contributed by atoms with Gasteiger partial charge in [-0.15, -0.1) is 0 Å². The molecule has 1 saturated heterocycles. The number of nitrogens with zero attached hydrogens (tertiary/aromatic N) is 1. The first-order chi connectivity index (χ1) is 13.5. The van der Waals surface area contributed by atoms with Crippen LogP contribution in [0.15, 0.2) is 30.3 Å². The topological polar surface area (TPSA) is 61.4 Å². The number of amides is 2. The maximum Gasteiger partial charge on any atom is 0.242 e. The number of hydrogen-bond donors (Lipinski definition) is 2. The first-order valence-electron chi connectivity index (χ1n) is 10.5. The van der Waals surface area contributed by atoms with E-state index in [1.807, 2.05) is 55.9 Å². The molecular formula is C22H33N3O2S. The van der Waals surface area contributed by atoms with Crippen LogP contribution in [0.3, 0.4) is 0 Å². The lowest BCUT2D eigenvalue weighted by Crippen LogP contribution is -2.49. The standard InChI is InChI=1S/C22H33N3O2S/c1-16(2)23-21(26)18-9-6-10-19(15-18)24-22(27)20(17-7-4-3-5-8-17)25-11-13-28-14-12-25/h3-5,7-8,16,18-20H,6,9-15H2,1-2H3,(H,23,26)(H,24,27). The lowest BCUT2D eigenvalue weighted by molar-refractivity contribution is -0.130. The molecule has 1 aromatic carbocycles. The third-order valence-corrected chi connectivity index (χ3v) is 6.54. The summed E-state index contributed by atoms with van der Waals surface area (Å²) in [5.74, 6) is 2.34. The lowest BCUT2D eigenvalue weighted by Gasteiger charge is -2.36. The molecule has 28 heavy (non-hydrogen) atoms. The smallest absolute Gasteiger partial charge is 0.242 e. The van der Waals surface area contributed by atoms with Crippen LogP contribution in [-0.4, -0.2) is 53.4 Å². The van der Waals surface area contributed by atoms with Gasteiger partial charge in [0.1, 0.15) is 6.04 Å². The Morgan fingerprint density at radius 3 is 2.50 bits per heavy atom. The van der Waals surface area contributed by atoms with E-state index in [2.05, 4.69) is 15.5 Å². The molecule has 5 nitrogen and oxygen atoms in total. The number of thioether (sulfide) groups is 1. The van der Waals surface area contributed by atoms with E-state index in [9.17, 15) is 9.59 Å². The van der Waals surface area contributed by atoms with Crippen molar-refractivity contribution in [2.24, 2.45) is 5.92 Å². The Morgan fingerprint density at radius 2 is 1.82 bits per heavy atom. The van der Waals surface area contributed by atoms with Crippen molar-refractivity contribution in [2.75, 3.05) is 24.6 Å². The highest BCUT2D eigenvalue weighted by molar-refractivity contribution is 7.99. The zero-order chi connectivity index (χ0) is 19.9. The predicted molar refractivity (Wildman–Crippen MR) is 115 cm³/mol. The van der Waals surface area contributed by atoms with E-state index in [-0.39, 0.29) is 35.9 Å². The van der Waals surface area contributed by atoms with E-state index in [1.165, 1.54) is 0 Å². The average molecular weight is 404 g/mol. The van der Waals surface area contributed by atoms with E-state index in [4.69, 9.17) is 0 Å². The predicted octanol–water partition coefficient (Wildman–Crippen LogP) is 2.98. The Bertz CT molecular complexity index is 646. The van der Waals surface area contributed by atoms with Gasteiger partial charge in [-0.3, -0.25) is 14.5 Å². The first kappa shape index (κ1) is 21.2. The van der Waals surface area contributed by atoms with Crippen molar-refractivity contribution in [3.05, 3.63) is 35.9 Å². The highest BCUT2D eigenvalue weighted by Gasteiger charge is 2.33. The normalized spacial score (nSPS) is 24.5. The van der Waals surface area contributed by atoms with E-state index >= 15 is 0 Å². The molecule has 1 aromatic rings. The molecule has 0 radical (unpaired) electrons. The molecule has 3 unspecified atom stereocenters. The van der Waals surface area contributed by atoms with E-state index in [1.54, 1.807) is 0 Å². The minimum Gasteiger partial charge on any atom is -0.354 e. The maximum atomic E-state index is 13.3. The van der Waals surface area contributed by atoms with Crippen LogP contribution < -0.4 is 10.6 Å². The molecule has 0 aromatic heterocycles. The van der Waals surface area contributed by atoms with Crippen LogP contribution in [0.1, 0.15) is 51.1 Å². The fourth-order valence-corrected chi connectivity index (χ4v) is 5.17. The molecular weight excluding hydrogens is 370 g/mol. The van der Waals surface area contributed by atoms with Gasteiger partial charge >= 0.3 is 0 Å². The van der Waals surface area contributed by atoms with Gasteiger partial charge in [0.25, 0.3) is 0 Å². The molecule has 2 amide bonds. The van der Waals surface area contributed by atoms with Gasteiger partial charge in [-0.25, -0.2) is 0 Å². The Kier molecular flexibility index (Phi) is 7.80. The average Bonchev–Trinajstić information content (AvgIpc) is 2.69. The van der Waals surface area contributed by atoms with Crippen LogP contribution in [0.5, 0.6) is 0 Å². The fraction of sp³-hybridized carbons (Fsp3) is 0.636. The number of rotatable bonds is 6. The summed E-state index contributed by atoms with van der Waals surface area (Å²) in [6, 6.07) is 10.1. The monoisotopic (exact) mass is 403 g/mol. The van der Waals surface area contributed by atoms with Gasteiger partial charge in [-0.2, -0.15) is 11.8 Å². The summed E-state index contributed by atoms with van der Waals surface area (Å²) in [6.07, 6.45) is 3.59. The Labute approximate surface area is 173 Å². The minimum atomic E-state index is -0.244. The lowest BCUT2D eigenvalue weighted by atomic mass is 9.84. The third kappa shape index (κ3) is 5.74. The Hall–Kier alpha value is -1.53. The summed E-state index contributed by atoms with van der Waals surface area (Å²) >= 11 is 1.95. The second kappa shape index (κ2) is 10.3. The molecule has 2 aliphatic rings. The quantitative estimate of drug-likeness (QED) is 0.767. The SMILES string of the molecule is CC(C)NC(=O)C1CCCC(NC(=O)C(c2ccccc2)N2CCSCC2)C1. The first-order valence-corrected chi connectivity index (χ1v) is 11.7. The van der Waals surface area contributed by atoms with Gasteiger partial charge in [0.05, 0.1) is 0 Å². The molecule has 1 aliphatic carbocycles. The summed E-state index contributed by atoms with van der Waals surface area (Å²) in [5, 5.41) is 6.31. The summed E-state index contributed by atoms with van der Waals surface area (Å²) in [6.45, 7) is 5.84. The van der Waals surface area contributed by atoms with Gasteiger partial charge in [0.15, 0.2) is 0 Å². The molecule has 0 spiro atoms. The number of carbonyl (C=O) groups excluding carboxylic acids is 2. The second-order valence-electron chi connectivity index (χ2n) is 8.19. The summed E-state index contributed by atoms with van der Waals surface area (Å²) in [7, 11) is 0. The van der Waals surface area contributed by atoms with Gasteiger partial charge in [-0.05, 0) is 38.7 Å². The molecule has 154 valence electrons. The van der Waals surface area contributed by atoms with Crippen LogP contribution in [0.25, 0.3) is 0 Å². The van der Waals surface area contributed by atoms with Crippen molar-refractivity contribution in [3.8, 4) is 0 Å². The maximum absolute atomic E-state index is 13.3. The summed E-state index contributed by atoms with van der Waals surface area (Å²) in [4.78, 5) is 28.0. The van der Waals surface area contributed by atoms with E-state index < -0.39 is 0 Å². The number of benzene rings is 1. The largest absolute Gasteiger partial charge is 0.354 e. The van der Waals surface area contributed by atoms with Crippen LogP contribution >= 0.6 is 11.8 Å². The van der Waals surface area contributed by atoms with Crippen molar-refractivity contribution in [3.63, 3.8) is 0 Å². The summed E-state index contributed by atoms with van der Waals surface area (Å²) < 4.78 is 0. The van der Waals surface area contributed by atoms with Crippen molar-refractivity contribution in [1.29, 1.82) is 0 Å². The van der Waals surface area contributed by atoms with Crippen molar-refractivity contribution in [1.82, 2.24) is 15.5 Å². The second-order valence-corrected chi connectivity index (χ2v) is 9.42. The number of nitrogens with one attached hydrogen (secondary N) is 2. The molecule has 3 atom stereocenters. The van der Waals surface area contributed by atoms with Crippen LogP contribution in [0, 0.1) is 5.92 Å². The van der Waals surface area contributed by atoms with E-state index in [0.29, 0.717) is 0 Å². The van der Waals surface area contributed by atoms with Gasteiger partial charge in [0, 0.05) is 42.6 Å². The van der Waals surface area contributed by atoms with E-state index in [0.717, 1.165) is 55.8 Å². The molecule has 1 heterocycles. The molecule has 1 aliphatic heterocycles.